The molecule has 0 spiro atoms. The molecular weight excluding hydrogens is 477 g/mol. The Morgan fingerprint density at radius 2 is 1.94 bits per heavy atom. The molecule has 0 aliphatic carbocycles. The van der Waals surface area contributed by atoms with Crippen molar-refractivity contribution in [3.05, 3.63) is 70.3 Å². The second kappa shape index (κ2) is 8.26. The van der Waals surface area contributed by atoms with Crippen molar-refractivity contribution in [3.8, 4) is 5.75 Å². The molecule has 0 unspecified atom stereocenters. The van der Waals surface area contributed by atoms with Crippen LogP contribution in [0.25, 0.3) is 0 Å². The highest BCUT2D eigenvalue weighted by Gasteiger charge is 2.47. The van der Waals surface area contributed by atoms with E-state index in [0.29, 0.717) is 17.0 Å². The Hall–Kier alpha value is -3.01. The summed E-state index contributed by atoms with van der Waals surface area (Å²) in [6.07, 6.45) is -3.62. The fraction of sp³-hybridized carbons (Fsp3) is 0.238. The number of nitrogens with zero attached hydrogens (tertiary/aromatic N) is 2. The van der Waals surface area contributed by atoms with E-state index in [0.717, 1.165) is 15.4 Å². The average Bonchev–Trinajstić information content (AvgIpc) is 3.17. The third-order valence-corrected chi connectivity index (χ3v) is 5.64. The molecule has 162 valence electrons. The van der Waals surface area contributed by atoms with Gasteiger partial charge >= 0.3 is 6.18 Å². The summed E-state index contributed by atoms with van der Waals surface area (Å²) in [6, 6.07) is 11.3. The van der Waals surface area contributed by atoms with Gasteiger partial charge in [-0.2, -0.15) is 18.3 Å². The molecule has 0 radical (unpaired) electrons. The highest BCUT2D eigenvalue weighted by molar-refractivity contribution is 9.10. The van der Waals surface area contributed by atoms with Crippen LogP contribution in [0.4, 0.5) is 24.7 Å². The zero-order valence-corrected chi connectivity index (χ0v) is 17.9. The van der Waals surface area contributed by atoms with Crippen molar-refractivity contribution in [1.82, 2.24) is 9.78 Å². The summed E-state index contributed by atoms with van der Waals surface area (Å²) in [7, 11) is 1.46. The largest absolute Gasteiger partial charge is 0.495 e. The van der Waals surface area contributed by atoms with Crippen molar-refractivity contribution in [3.63, 3.8) is 0 Å². The molecule has 0 fully saturated rings. The number of carbonyl (C=O) groups is 1. The summed E-state index contributed by atoms with van der Waals surface area (Å²) < 4.78 is 48.3. The standard InChI is InChI=1S/C21H18BrF3N4O2/c1-31-17-5-3-2-4-15(17)28-20(30)14-11-26-29-18(21(23,24)25)10-16(27-19(14)29)12-6-8-13(22)9-7-12/h2-9,11,16,18,27H,10H2,1H3,(H,28,30)/t16-,18-/m1/s1. The summed E-state index contributed by atoms with van der Waals surface area (Å²) in [5.74, 6) is -0.129. The van der Waals surface area contributed by atoms with Crippen LogP contribution in [0.15, 0.2) is 59.2 Å². The molecule has 2 heterocycles. The lowest BCUT2D eigenvalue weighted by Gasteiger charge is -2.34. The first-order valence-corrected chi connectivity index (χ1v) is 10.2. The van der Waals surface area contributed by atoms with E-state index in [-0.39, 0.29) is 17.8 Å². The molecule has 1 aromatic heterocycles. The van der Waals surface area contributed by atoms with Gasteiger partial charge < -0.3 is 15.4 Å². The first-order chi connectivity index (χ1) is 14.8. The van der Waals surface area contributed by atoms with Crippen LogP contribution >= 0.6 is 15.9 Å². The fourth-order valence-corrected chi connectivity index (χ4v) is 3.84. The molecule has 0 saturated heterocycles. The van der Waals surface area contributed by atoms with Gasteiger partial charge in [0.25, 0.3) is 5.91 Å². The van der Waals surface area contributed by atoms with Gasteiger partial charge in [0.05, 0.1) is 25.0 Å². The van der Waals surface area contributed by atoms with Gasteiger partial charge in [0.1, 0.15) is 17.1 Å². The molecule has 0 bridgehead atoms. The quantitative estimate of drug-likeness (QED) is 0.497. The lowest BCUT2D eigenvalue weighted by Crippen LogP contribution is -2.36. The molecule has 3 aromatic rings. The van der Waals surface area contributed by atoms with Gasteiger partial charge in [-0.3, -0.25) is 4.79 Å². The van der Waals surface area contributed by atoms with E-state index in [2.05, 4.69) is 31.7 Å². The van der Waals surface area contributed by atoms with Gasteiger partial charge in [0.2, 0.25) is 0 Å². The third kappa shape index (κ3) is 4.25. The number of benzene rings is 2. The number of nitrogens with one attached hydrogen (secondary N) is 2. The smallest absolute Gasteiger partial charge is 0.410 e. The number of amides is 1. The van der Waals surface area contributed by atoms with E-state index < -0.39 is 24.2 Å². The number of hydrogen-bond donors (Lipinski definition) is 2. The number of anilines is 2. The van der Waals surface area contributed by atoms with Crippen LogP contribution in [0.2, 0.25) is 0 Å². The van der Waals surface area contributed by atoms with Crippen LogP contribution in [-0.2, 0) is 0 Å². The summed E-state index contributed by atoms with van der Waals surface area (Å²) in [5, 5.41) is 9.64. The Bertz CT molecular complexity index is 1100. The molecule has 31 heavy (non-hydrogen) atoms. The Kier molecular flexibility index (Phi) is 5.65. The van der Waals surface area contributed by atoms with Gasteiger partial charge in [-0.1, -0.05) is 40.2 Å². The van der Waals surface area contributed by atoms with E-state index in [4.69, 9.17) is 4.74 Å². The van der Waals surface area contributed by atoms with Gasteiger partial charge in [-0.15, -0.1) is 0 Å². The number of methoxy groups -OCH3 is 1. The molecule has 10 heteroatoms. The number of halogens is 4. The molecule has 1 aliphatic heterocycles. The van der Waals surface area contributed by atoms with Gasteiger partial charge in [-0.05, 0) is 29.8 Å². The summed E-state index contributed by atoms with van der Waals surface area (Å²) in [5.41, 5.74) is 1.10. The molecule has 4 rings (SSSR count). The summed E-state index contributed by atoms with van der Waals surface area (Å²) in [6.45, 7) is 0. The van der Waals surface area contributed by atoms with Gasteiger partial charge in [-0.25, -0.2) is 4.68 Å². The monoisotopic (exact) mass is 494 g/mol. The minimum Gasteiger partial charge on any atom is -0.495 e. The second-order valence-corrected chi connectivity index (χ2v) is 7.96. The number of rotatable bonds is 4. The van der Waals surface area contributed by atoms with E-state index in [1.807, 2.05) is 0 Å². The van der Waals surface area contributed by atoms with Crippen LogP contribution in [-0.4, -0.2) is 29.0 Å². The van der Waals surface area contributed by atoms with E-state index in [1.54, 1.807) is 48.5 Å². The van der Waals surface area contributed by atoms with Crippen LogP contribution in [0.1, 0.15) is 34.4 Å². The molecule has 1 aliphatic rings. The van der Waals surface area contributed by atoms with E-state index >= 15 is 0 Å². The Morgan fingerprint density at radius 1 is 1.23 bits per heavy atom. The lowest BCUT2D eigenvalue weighted by atomic mass is 9.96. The molecule has 1 amide bonds. The summed E-state index contributed by atoms with van der Waals surface area (Å²) in [4.78, 5) is 12.9. The Labute approximate surface area is 184 Å². The van der Waals surface area contributed by atoms with Gasteiger partial charge in [0, 0.05) is 10.9 Å². The summed E-state index contributed by atoms with van der Waals surface area (Å²) >= 11 is 3.33. The number of alkyl halides is 3. The predicted octanol–water partition coefficient (Wildman–Crippen LogP) is 5.57. The molecule has 2 atom stereocenters. The maximum absolute atomic E-state index is 13.8. The lowest BCUT2D eigenvalue weighted by molar-refractivity contribution is -0.173. The predicted molar refractivity (Wildman–Crippen MR) is 113 cm³/mol. The Morgan fingerprint density at radius 3 is 2.61 bits per heavy atom. The first kappa shape index (κ1) is 21.2. The van der Waals surface area contributed by atoms with E-state index in [9.17, 15) is 18.0 Å². The zero-order valence-electron chi connectivity index (χ0n) is 16.3. The third-order valence-electron chi connectivity index (χ3n) is 5.11. The van der Waals surface area contributed by atoms with Crippen molar-refractivity contribution < 1.29 is 22.7 Å². The highest BCUT2D eigenvalue weighted by Crippen LogP contribution is 2.44. The average molecular weight is 495 g/mol. The molecular formula is C21H18BrF3N4O2. The minimum absolute atomic E-state index is 0.0157. The SMILES string of the molecule is COc1ccccc1NC(=O)c1cnn2c1N[C@@H](c1ccc(Br)cc1)C[C@@H]2C(F)(F)F. The fourth-order valence-electron chi connectivity index (χ4n) is 3.58. The minimum atomic E-state index is -4.52. The zero-order chi connectivity index (χ0) is 22.2. The molecule has 2 N–H and O–H groups in total. The van der Waals surface area contributed by atoms with Crippen LogP contribution < -0.4 is 15.4 Å². The van der Waals surface area contributed by atoms with Crippen LogP contribution in [0.5, 0.6) is 5.75 Å². The number of aromatic nitrogens is 2. The number of para-hydroxylation sites is 2. The van der Waals surface area contributed by atoms with Crippen molar-refractivity contribution in [1.29, 1.82) is 0 Å². The van der Waals surface area contributed by atoms with Crippen molar-refractivity contribution in [2.45, 2.75) is 24.7 Å². The number of carbonyl (C=O) groups excluding carboxylic acids is 1. The molecule has 6 nitrogen and oxygen atoms in total. The molecule has 0 saturated carbocycles. The maximum Gasteiger partial charge on any atom is 0.410 e. The number of hydrogen-bond acceptors (Lipinski definition) is 4. The van der Waals surface area contributed by atoms with Crippen molar-refractivity contribution in [2.24, 2.45) is 0 Å². The number of ether oxygens (including phenoxy) is 1. The van der Waals surface area contributed by atoms with Crippen molar-refractivity contribution in [2.75, 3.05) is 17.7 Å². The Balaban J connectivity index is 1.69. The van der Waals surface area contributed by atoms with Gasteiger partial charge in [0.15, 0.2) is 6.04 Å². The number of fused-ring (bicyclic) bond motifs is 1. The first-order valence-electron chi connectivity index (χ1n) is 9.38. The molecule has 2 aromatic carbocycles. The van der Waals surface area contributed by atoms with Crippen molar-refractivity contribution >= 4 is 33.3 Å². The maximum atomic E-state index is 13.8. The second-order valence-electron chi connectivity index (χ2n) is 7.05. The van der Waals surface area contributed by atoms with E-state index in [1.165, 1.54) is 7.11 Å². The normalized spacial score (nSPS) is 18.1. The van der Waals surface area contributed by atoms with Crippen LogP contribution in [0.3, 0.4) is 0 Å². The van der Waals surface area contributed by atoms with Crippen LogP contribution in [0, 0.1) is 0 Å². The highest BCUT2D eigenvalue weighted by atomic mass is 79.9. The topological polar surface area (TPSA) is 68.2 Å².